The van der Waals surface area contributed by atoms with Crippen LogP contribution in [0.4, 0.5) is 5.69 Å². The van der Waals surface area contributed by atoms with Crippen molar-refractivity contribution in [2.75, 3.05) is 6.61 Å². The van der Waals surface area contributed by atoms with Crippen LogP contribution in [0.5, 0.6) is 0 Å². The minimum absolute atomic E-state index is 0.0276. The average Bonchev–Trinajstić information content (AvgIpc) is 2.81. The molecule has 5 nitrogen and oxygen atoms in total. The van der Waals surface area contributed by atoms with Crippen LogP contribution in [-0.2, 0) is 9.53 Å². The summed E-state index contributed by atoms with van der Waals surface area (Å²) in [5.41, 5.74) is 3.33. The third-order valence-electron chi connectivity index (χ3n) is 8.63. The Morgan fingerprint density at radius 3 is 2.65 bits per heavy atom. The molecule has 1 fully saturated rings. The molecule has 180 valence electrons. The van der Waals surface area contributed by atoms with Gasteiger partial charge in [0.25, 0.3) is 5.69 Å². The molecule has 34 heavy (non-hydrogen) atoms. The molecule has 0 unspecified atom stereocenters. The van der Waals surface area contributed by atoms with Gasteiger partial charge in [-0.1, -0.05) is 56.8 Å². The molecule has 1 aromatic carbocycles. The second-order valence-electron chi connectivity index (χ2n) is 10.9. The standard InChI is InChI=1S/C29H35NO4/c1-20(2)22-10-14-25-23(19-22)11-15-26-28(25,3)16-6-17-29(26,4)27(31)34-18-5-7-21-8-12-24(13-9-21)30(32)33/h8-9,11-13,19-20,25-26H,6,10,14-18H2,1-4H3/t25-,26+,28+,29+/m0/s1. The summed E-state index contributed by atoms with van der Waals surface area (Å²) >= 11 is 0. The number of esters is 1. The van der Waals surface area contributed by atoms with Crippen molar-refractivity contribution in [3.63, 3.8) is 0 Å². The Morgan fingerprint density at radius 2 is 1.97 bits per heavy atom. The molecule has 0 N–H and O–H groups in total. The summed E-state index contributed by atoms with van der Waals surface area (Å²) in [6.07, 6.45) is 11.1. The smallest absolute Gasteiger partial charge is 0.313 e. The highest BCUT2D eigenvalue weighted by Crippen LogP contribution is 2.62. The Labute approximate surface area is 202 Å². The highest BCUT2D eigenvalue weighted by atomic mass is 16.6. The normalized spacial score (nSPS) is 30.1. The molecule has 0 amide bonds. The zero-order valence-corrected chi connectivity index (χ0v) is 20.7. The minimum atomic E-state index is -0.508. The van der Waals surface area contributed by atoms with Gasteiger partial charge in [-0.15, -0.1) is 0 Å². The van der Waals surface area contributed by atoms with Crippen LogP contribution in [0, 0.1) is 50.5 Å². The molecule has 0 spiro atoms. The molecular weight excluding hydrogens is 426 g/mol. The number of hydrogen-bond donors (Lipinski definition) is 0. The van der Waals surface area contributed by atoms with Crippen molar-refractivity contribution in [2.45, 2.75) is 66.2 Å². The molecule has 4 rings (SSSR count). The molecule has 1 aromatic rings. The molecule has 0 aliphatic heterocycles. The van der Waals surface area contributed by atoms with E-state index in [1.165, 1.54) is 24.1 Å². The number of hydrogen-bond acceptors (Lipinski definition) is 4. The number of benzene rings is 1. The van der Waals surface area contributed by atoms with Crippen LogP contribution < -0.4 is 0 Å². The van der Waals surface area contributed by atoms with Crippen molar-refractivity contribution >= 4 is 11.7 Å². The Balaban J connectivity index is 1.46. The number of ether oxygens (including phenoxy) is 1. The van der Waals surface area contributed by atoms with Crippen molar-refractivity contribution in [3.8, 4) is 11.8 Å². The fraction of sp³-hybridized carbons (Fsp3) is 0.552. The first-order valence-electron chi connectivity index (χ1n) is 12.5. The predicted octanol–water partition coefficient (Wildman–Crippen LogP) is 6.62. The van der Waals surface area contributed by atoms with Gasteiger partial charge >= 0.3 is 5.97 Å². The van der Waals surface area contributed by atoms with Gasteiger partial charge in [0.2, 0.25) is 0 Å². The Kier molecular flexibility index (Phi) is 6.71. The lowest BCUT2D eigenvalue weighted by Crippen LogP contribution is -2.53. The first-order valence-corrected chi connectivity index (χ1v) is 12.5. The van der Waals surface area contributed by atoms with E-state index < -0.39 is 10.3 Å². The number of nitro benzene ring substituents is 1. The molecule has 4 atom stereocenters. The molecule has 1 saturated carbocycles. The Bertz CT molecular complexity index is 1090. The van der Waals surface area contributed by atoms with Crippen LogP contribution in [0.15, 0.2) is 47.6 Å². The molecule has 3 aliphatic rings. The van der Waals surface area contributed by atoms with Crippen LogP contribution in [0.2, 0.25) is 0 Å². The van der Waals surface area contributed by atoms with E-state index in [4.69, 9.17) is 4.74 Å². The second kappa shape index (κ2) is 9.41. The third kappa shape index (κ3) is 4.43. The lowest BCUT2D eigenvalue weighted by atomic mass is 9.47. The number of carbonyl (C=O) groups is 1. The van der Waals surface area contributed by atoms with E-state index in [0.717, 1.165) is 32.1 Å². The number of allylic oxidation sites excluding steroid dienone is 4. The SMILES string of the molecule is CC(C)C1=CC2=CC[C@@H]3[C@](C)(CCC[C@@]3(C)C(=O)OCC#Cc3ccc([N+](=O)[O-])cc3)[C@H]2CC1. The molecule has 3 aliphatic carbocycles. The van der Waals surface area contributed by atoms with Gasteiger partial charge in [0.05, 0.1) is 10.3 Å². The number of fused-ring (bicyclic) bond motifs is 3. The van der Waals surface area contributed by atoms with Gasteiger partial charge in [-0.3, -0.25) is 14.9 Å². The second-order valence-corrected chi connectivity index (χ2v) is 10.9. The van der Waals surface area contributed by atoms with Crippen LogP contribution in [0.3, 0.4) is 0 Å². The van der Waals surface area contributed by atoms with E-state index in [0.29, 0.717) is 17.4 Å². The Morgan fingerprint density at radius 1 is 1.24 bits per heavy atom. The molecule has 0 aromatic heterocycles. The number of rotatable bonds is 4. The maximum atomic E-state index is 13.4. The summed E-state index contributed by atoms with van der Waals surface area (Å²) in [4.78, 5) is 23.7. The zero-order valence-electron chi connectivity index (χ0n) is 20.7. The largest absolute Gasteiger partial charge is 0.452 e. The topological polar surface area (TPSA) is 69.4 Å². The van der Waals surface area contributed by atoms with Crippen LogP contribution in [0.25, 0.3) is 0 Å². The van der Waals surface area contributed by atoms with Crippen molar-refractivity contribution in [2.24, 2.45) is 28.6 Å². The summed E-state index contributed by atoms with van der Waals surface area (Å²) < 4.78 is 5.69. The van der Waals surface area contributed by atoms with Crippen LogP contribution in [-0.4, -0.2) is 17.5 Å². The van der Waals surface area contributed by atoms with E-state index >= 15 is 0 Å². The van der Waals surface area contributed by atoms with Gasteiger partial charge in [0.1, 0.15) is 0 Å². The summed E-state index contributed by atoms with van der Waals surface area (Å²) in [5.74, 6) is 7.06. The molecule has 0 saturated heterocycles. The maximum absolute atomic E-state index is 13.4. The van der Waals surface area contributed by atoms with Gasteiger partial charge < -0.3 is 4.74 Å². The quantitative estimate of drug-likeness (QED) is 0.218. The first kappa shape index (κ1) is 24.3. The summed E-state index contributed by atoms with van der Waals surface area (Å²) in [7, 11) is 0. The summed E-state index contributed by atoms with van der Waals surface area (Å²) in [6.45, 7) is 9.08. The van der Waals surface area contributed by atoms with E-state index in [1.54, 1.807) is 17.7 Å². The Hall–Kier alpha value is -2.87. The fourth-order valence-electron chi connectivity index (χ4n) is 6.66. The molecule has 5 heteroatoms. The summed E-state index contributed by atoms with van der Waals surface area (Å²) in [6, 6.07) is 6.07. The lowest BCUT2D eigenvalue weighted by molar-refractivity contribution is -0.384. The first-order chi connectivity index (χ1) is 16.1. The van der Waals surface area contributed by atoms with Gasteiger partial charge in [0.15, 0.2) is 6.61 Å². The van der Waals surface area contributed by atoms with Gasteiger partial charge in [-0.25, -0.2) is 0 Å². The van der Waals surface area contributed by atoms with Gasteiger partial charge in [-0.05, 0) is 79.9 Å². The van der Waals surface area contributed by atoms with Crippen LogP contribution in [0.1, 0.15) is 71.8 Å². The highest BCUT2D eigenvalue weighted by Gasteiger charge is 2.57. The number of non-ortho nitro benzene ring substituents is 1. The number of nitrogens with zero attached hydrogens (tertiary/aromatic N) is 1. The lowest BCUT2D eigenvalue weighted by Gasteiger charge is -2.57. The van der Waals surface area contributed by atoms with E-state index in [9.17, 15) is 14.9 Å². The summed E-state index contributed by atoms with van der Waals surface area (Å²) in [5, 5.41) is 10.8. The maximum Gasteiger partial charge on any atom is 0.313 e. The van der Waals surface area contributed by atoms with Crippen LogP contribution >= 0.6 is 0 Å². The molecule has 0 radical (unpaired) electrons. The van der Waals surface area contributed by atoms with Gasteiger partial charge in [0, 0.05) is 17.7 Å². The van der Waals surface area contributed by atoms with Crippen molar-refractivity contribution in [1.82, 2.24) is 0 Å². The van der Waals surface area contributed by atoms with Gasteiger partial charge in [-0.2, -0.15) is 0 Å². The van der Waals surface area contributed by atoms with Crippen molar-refractivity contribution < 1.29 is 14.5 Å². The number of nitro groups is 1. The zero-order chi connectivity index (χ0) is 24.5. The molecule has 0 bridgehead atoms. The monoisotopic (exact) mass is 461 g/mol. The van der Waals surface area contributed by atoms with E-state index in [-0.39, 0.29) is 29.6 Å². The average molecular weight is 462 g/mol. The third-order valence-corrected chi connectivity index (χ3v) is 8.63. The van der Waals surface area contributed by atoms with E-state index in [1.807, 2.05) is 0 Å². The highest BCUT2D eigenvalue weighted by molar-refractivity contribution is 5.77. The predicted molar refractivity (Wildman–Crippen MR) is 133 cm³/mol. The van der Waals surface area contributed by atoms with Crippen molar-refractivity contribution in [3.05, 3.63) is 63.2 Å². The van der Waals surface area contributed by atoms with Crippen molar-refractivity contribution in [1.29, 1.82) is 0 Å². The number of carbonyl (C=O) groups excluding carboxylic acids is 1. The van der Waals surface area contributed by atoms with E-state index in [2.05, 4.69) is 51.7 Å². The molecule has 0 heterocycles. The minimum Gasteiger partial charge on any atom is -0.452 e. The fourth-order valence-corrected chi connectivity index (χ4v) is 6.66. The molecular formula is C29H35NO4.